The van der Waals surface area contributed by atoms with Gasteiger partial charge in [0.05, 0.1) is 4.92 Å². The van der Waals surface area contributed by atoms with Crippen LogP contribution in [0.5, 0.6) is 0 Å². The predicted octanol–water partition coefficient (Wildman–Crippen LogP) is 2.13. The first-order valence-electron chi connectivity index (χ1n) is 5.07. The molecule has 104 valence electrons. The number of benzene rings is 1. The summed E-state index contributed by atoms with van der Waals surface area (Å²) in [6.45, 7) is 0. The third kappa shape index (κ3) is 2.58. The fraction of sp³-hybridized carbons (Fsp3) is 0. The Morgan fingerprint density at radius 2 is 1.85 bits per heavy atom. The van der Waals surface area contributed by atoms with Crippen molar-refractivity contribution in [2.24, 2.45) is 0 Å². The molecule has 0 aliphatic heterocycles. The summed E-state index contributed by atoms with van der Waals surface area (Å²) in [5.74, 6) is -4.50. The number of nitro groups is 1. The zero-order valence-electron chi connectivity index (χ0n) is 9.60. The highest BCUT2D eigenvalue weighted by Crippen LogP contribution is 2.28. The van der Waals surface area contributed by atoms with Gasteiger partial charge in [0.25, 0.3) is 0 Å². The number of nitrogen functional groups attached to an aromatic ring is 1. The van der Waals surface area contributed by atoms with E-state index >= 15 is 0 Å². The maximum absolute atomic E-state index is 13.4. The largest absolute Gasteiger partial charge is 0.368 e. The van der Waals surface area contributed by atoms with E-state index in [4.69, 9.17) is 5.73 Å². The average molecular weight is 285 g/mol. The Kier molecular flexibility index (Phi) is 3.37. The summed E-state index contributed by atoms with van der Waals surface area (Å²) < 4.78 is 39.6. The Morgan fingerprint density at radius 3 is 2.40 bits per heavy atom. The minimum Gasteiger partial charge on any atom is -0.368 e. The van der Waals surface area contributed by atoms with E-state index in [1.54, 1.807) is 0 Å². The maximum Gasteiger partial charge on any atom is 0.329 e. The highest BCUT2D eigenvalue weighted by atomic mass is 19.1. The van der Waals surface area contributed by atoms with Crippen LogP contribution < -0.4 is 11.1 Å². The first kappa shape index (κ1) is 13.5. The standard InChI is InChI=1S/C10H6F3N5O2/c11-4-1-5(12)8(6(13)2-4)16-9-7(18(19)20)3-15-10(14)17-9/h1-3H,(H3,14,15,16,17). The Morgan fingerprint density at radius 1 is 1.25 bits per heavy atom. The molecule has 1 heterocycles. The van der Waals surface area contributed by atoms with Crippen molar-refractivity contribution in [1.29, 1.82) is 0 Å². The van der Waals surface area contributed by atoms with Crippen molar-refractivity contribution in [2.75, 3.05) is 11.1 Å². The third-order valence-electron chi connectivity index (χ3n) is 2.24. The van der Waals surface area contributed by atoms with E-state index in [-0.39, 0.29) is 5.95 Å². The fourth-order valence-corrected chi connectivity index (χ4v) is 1.39. The summed E-state index contributed by atoms with van der Waals surface area (Å²) in [6.07, 6.45) is 0.782. The zero-order valence-corrected chi connectivity index (χ0v) is 9.60. The van der Waals surface area contributed by atoms with E-state index in [9.17, 15) is 23.3 Å². The second-order valence-corrected chi connectivity index (χ2v) is 3.59. The summed E-state index contributed by atoms with van der Waals surface area (Å²) in [5.41, 5.74) is 3.83. The lowest BCUT2D eigenvalue weighted by atomic mass is 10.2. The molecule has 0 saturated heterocycles. The Bertz CT molecular complexity index is 672. The van der Waals surface area contributed by atoms with Crippen molar-refractivity contribution in [1.82, 2.24) is 9.97 Å². The molecule has 7 nitrogen and oxygen atoms in total. The molecule has 0 radical (unpaired) electrons. The van der Waals surface area contributed by atoms with E-state index in [1.807, 2.05) is 0 Å². The van der Waals surface area contributed by atoms with Gasteiger partial charge in [-0.1, -0.05) is 0 Å². The van der Waals surface area contributed by atoms with Crippen LogP contribution in [0.15, 0.2) is 18.3 Å². The van der Waals surface area contributed by atoms with E-state index in [1.165, 1.54) is 0 Å². The maximum atomic E-state index is 13.4. The van der Waals surface area contributed by atoms with Gasteiger partial charge in [0.1, 0.15) is 17.7 Å². The highest BCUT2D eigenvalue weighted by Gasteiger charge is 2.20. The number of nitrogens with two attached hydrogens (primary N) is 1. The quantitative estimate of drug-likeness (QED) is 0.660. The van der Waals surface area contributed by atoms with Crippen molar-refractivity contribution in [3.05, 3.63) is 45.9 Å². The lowest BCUT2D eigenvalue weighted by Crippen LogP contribution is -2.06. The van der Waals surface area contributed by atoms with Crippen molar-refractivity contribution in [2.45, 2.75) is 0 Å². The van der Waals surface area contributed by atoms with Crippen molar-refractivity contribution in [3.63, 3.8) is 0 Å². The molecule has 0 aliphatic carbocycles. The lowest BCUT2D eigenvalue weighted by molar-refractivity contribution is -0.384. The summed E-state index contributed by atoms with van der Waals surface area (Å²) in [7, 11) is 0. The summed E-state index contributed by atoms with van der Waals surface area (Å²) >= 11 is 0. The number of halogens is 3. The second kappa shape index (κ2) is 4.99. The van der Waals surface area contributed by atoms with Crippen LogP contribution in [-0.2, 0) is 0 Å². The molecule has 1 aromatic carbocycles. The van der Waals surface area contributed by atoms with Gasteiger partial charge in [-0.2, -0.15) is 4.98 Å². The molecule has 0 bridgehead atoms. The van der Waals surface area contributed by atoms with Crippen LogP contribution in [0.25, 0.3) is 0 Å². The van der Waals surface area contributed by atoms with E-state index in [2.05, 4.69) is 15.3 Å². The molecule has 0 aliphatic rings. The van der Waals surface area contributed by atoms with Gasteiger partial charge in [-0.25, -0.2) is 18.2 Å². The van der Waals surface area contributed by atoms with Crippen LogP contribution in [0.3, 0.4) is 0 Å². The second-order valence-electron chi connectivity index (χ2n) is 3.59. The van der Waals surface area contributed by atoms with E-state index in [0.29, 0.717) is 12.1 Å². The van der Waals surface area contributed by atoms with Crippen molar-refractivity contribution in [3.8, 4) is 0 Å². The highest BCUT2D eigenvalue weighted by molar-refractivity contribution is 5.66. The zero-order chi connectivity index (χ0) is 14.9. The van der Waals surface area contributed by atoms with E-state index in [0.717, 1.165) is 6.20 Å². The summed E-state index contributed by atoms with van der Waals surface area (Å²) in [4.78, 5) is 16.8. The van der Waals surface area contributed by atoms with Gasteiger partial charge < -0.3 is 11.1 Å². The number of nitrogens with zero attached hydrogens (tertiary/aromatic N) is 3. The van der Waals surface area contributed by atoms with E-state index < -0.39 is 39.6 Å². The summed E-state index contributed by atoms with van der Waals surface area (Å²) in [5, 5.41) is 12.8. The van der Waals surface area contributed by atoms with Crippen molar-refractivity contribution < 1.29 is 18.1 Å². The van der Waals surface area contributed by atoms with Gasteiger partial charge in [-0.05, 0) is 0 Å². The molecule has 20 heavy (non-hydrogen) atoms. The number of anilines is 3. The number of hydrogen-bond acceptors (Lipinski definition) is 6. The number of aromatic nitrogens is 2. The third-order valence-corrected chi connectivity index (χ3v) is 2.24. The van der Waals surface area contributed by atoms with Crippen LogP contribution in [0.4, 0.5) is 36.3 Å². The normalized spacial score (nSPS) is 10.3. The molecule has 0 amide bonds. The van der Waals surface area contributed by atoms with Crippen LogP contribution in [-0.4, -0.2) is 14.9 Å². The van der Waals surface area contributed by atoms with Gasteiger partial charge >= 0.3 is 5.69 Å². The molecule has 0 spiro atoms. The van der Waals surface area contributed by atoms with Gasteiger partial charge in [0.15, 0.2) is 11.6 Å². The van der Waals surface area contributed by atoms with Crippen molar-refractivity contribution >= 4 is 23.1 Å². The monoisotopic (exact) mass is 285 g/mol. The molecule has 10 heteroatoms. The molecule has 0 fully saturated rings. The molecular formula is C10H6F3N5O2. The number of rotatable bonds is 3. The lowest BCUT2D eigenvalue weighted by Gasteiger charge is -2.08. The minimum atomic E-state index is -1.27. The molecule has 3 N–H and O–H groups in total. The van der Waals surface area contributed by atoms with Crippen LogP contribution >= 0.6 is 0 Å². The summed E-state index contributed by atoms with van der Waals surface area (Å²) in [6, 6.07) is 0.837. The van der Waals surface area contributed by atoms with Gasteiger partial charge in [-0.3, -0.25) is 10.1 Å². The SMILES string of the molecule is Nc1ncc([N+](=O)[O-])c(Nc2c(F)cc(F)cc2F)n1. The van der Waals surface area contributed by atoms with Gasteiger partial charge in [0, 0.05) is 12.1 Å². The fourth-order valence-electron chi connectivity index (χ4n) is 1.39. The topological polar surface area (TPSA) is 107 Å². The molecule has 0 saturated carbocycles. The van der Waals surface area contributed by atoms with Gasteiger partial charge in [0.2, 0.25) is 11.8 Å². The molecular weight excluding hydrogens is 279 g/mol. The minimum absolute atomic E-state index is 0.332. The van der Waals surface area contributed by atoms with Crippen LogP contribution in [0.2, 0.25) is 0 Å². The van der Waals surface area contributed by atoms with Crippen LogP contribution in [0.1, 0.15) is 0 Å². The number of nitrogens with one attached hydrogen (secondary N) is 1. The molecule has 0 atom stereocenters. The molecule has 0 unspecified atom stereocenters. The average Bonchev–Trinajstić information content (AvgIpc) is 2.33. The molecule has 1 aromatic heterocycles. The first-order valence-corrected chi connectivity index (χ1v) is 5.07. The van der Waals surface area contributed by atoms with Gasteiger partial charge in [-0.15, -0.1) is 0 Å². The van der Waals surface area contributed by atoms with Crippen LogP contribution in [0, 0.1) is 27.6 Å². The Hall–Kier alpha value is -2.91. The first-order chi connectivity index (χ1) is 9.38. The predicted molar refractivity (Wildman–Crippen MR) is 62.7 cm³/mol. The Labute approximate surface area is 109 Å². The number of hydrogen-bond donors (Lipinski definition) is 2. The smallest absolute Gasteiger partial charge is 0.329 e. The molecule has 2 rings (SSSR count). The Balaban J connectivity index is 2.50. The molecule has 2 aromatic rings.